The average Bonchev–Trinajstić information content (AvgIpc) is 2.28. The smallest absolute Gasteiger partial charge is 0.312 e. The number of hydrogen-bond donors (Lipinski definition) is 0. The van der Waals surface area contributed by atoms with Crippen LogP contribution in [-0.2, 0) is 13.6 Å². The van der Waals surface area contributed by atoms with E-state index in [-0.39, 0.29) is 5.66 Å². The van der Waals surface area contributed by atoms with Crippen molar-refractivity contribution in [2.24, 2.45) is 0 Å². The van der Waals surface area contributed by atoms with E-state index in [4.69, 9.17) is 9.05 Å². The lowest BCUT2D eigenvalue weighted by molar-refractivity contribution is 0.267. The Morgan fingerprint density at radius 3 is 2.07 bits per heavy atom. The van der Waals surface area contributed by atoms with Crippen molar-refractivity contribution >= 4 is 7.60 Å². The van der Waals surface area contributed by atoms with Crippen LogP contribution < -0.4 is 0 Å². The Kier molecular flexibility index (Phi) is 3.87. The van der Waals surface area contributed by atoms with Crippen LogP contribution in [0.4, 0.5) is 0 Å². The van der Waals surface area contributed by atoms with E-state index in [0.717, 1.165) is 5.56 Å². The first-order chi connectivity index (χ1) is 6.64. The van der Waals surface area contributed by atoms with Crippen LogP contribution in [0, 0.1) is 0 Å². The Labute approximate surface area is 84.6 Å². The van der Waals surface area contributed by atoms with Crippen molar-refractivity contribution in [1.29, 1.82) is 0 Å². The lowest BCUT2D eigenvalue weighted by Gasteiger charge is -2.20. The van der Waals surface area contributed by atoms with Crippen LogP contribution in [0.2, 0.25) is 0 Å². The second-order valence-corrected chi connectivity index (χ2v) is 5.58. The minimum absolute atomic E-state index is 0.237. The van der Waals surface area contributed by atoms with Crippen molar-refractivity contribution in [1.82, 2.24) is 0 Å². The summed E-state index contributed by atoms with van der Waals surface area (Å²) in [6.45, 7) is 1.84. The molecule has 1 aromatic carbocycles. The van der Waals surface area contributed by atoms with Gasteiger partial charge < -0.3 is 9.05 Å². The van der Waals surface area contributed by atoms with Gasteiger partial charge in [-0.3, -0.25) is 4.57 Å². The van der Waals surface area contributed by atoms with Crippen LogP contribution >= 0.6 is 7.60 Å². The molecule has 0 fully saturated rings. The minimum Gasteiger partial charge on any atom is -0.312 e. The van der Waals surface area contributed by atoms with Gasteiger partial charge in [0.25, 0.3) is 0 Å². The molecule has 0 aliphatic carbocycles. The standard InChI is InChI=1S/C10H15O3P/c1-9(14(11,12-2)13-3)10-7-5-4-6-8-10/h4-9H,1-3H3. The molecule has 0 spiro atoms. The molecule has 1 atom stereocenters. The third-order valence-corrected chi connectivity index (χ3v) is 4.53. The summed E-state index contributed by atoms with van der Waals surface area (Å²) in [5.41, 5.74) is 0.721. The first-order valence-electron chi connectivity index (χ1n) is 4.40. The third kappa shape index (κ3) is 2.24. The maximum atomic E-state index is 12.0. The molecule has 0 saturated carbocycles. The van der Waals surface area contributed by atoms with Gasteiger partial charge in [0, 0.05) is 14.2 Å². The van der Waals surface area contributed by atoms with E-state index >= 15 is 0 Å². The zero-order chi connectivity index (χ0) is 10.6. The molecule has 0 heterocycles. The average molecular weight is 214 g/mol. The Balaban J connectivity index is 2.95. The molecule has 0 aromatic heterocycles. The first kappa shape index (κ1) is 11.4. The normalized spacial score (nSPS) is 13.9. The van der Waals surface area contributed by atoms with Gasteiger partial charge in [0.2, 0.25) is 0 Å². The summed E-state index contributed by atoms with van der Waals surface area (Å²) in [5, 5.41) is 0. The molecule has 3 nitrogen and oxygen atoms in total. The quantitative estimate of drug-likeness (QED) is 0.722. The van der Waals surface area contributed by atoms with Crippen molar-refractivity contribution in [2.45, 2.75) is 12.6 Å². The lowest BCUT2D eigenvalue weighted by Crippen LogP contribution is -1.99. The largest absolute Gasteiger partial charge is 0.337 e. The highest BCUT2D eigenvalue weighted by atomic mass is 31.2. The highest BCUT2D eigenvalue weighted by molar-refractivity contribution is 7.54. The second kappa shape index (κ2) is 4.74. The minimum atomic E-state index is -2.99. The van der Waals surface area contributed by atoms with Gasteiger partial charge in [-0.25, -0.2) is 0 Å². The fraction of sp³-hybridized carbons (Fsp3) is 0.400. The molecule has 0 saturated heterocycles. The van der Waals surface area contributed by atoms with Crippen molar-refractivity contribution in [3.05, 3.63) is 35.9 Å². The van der Waals surface area contributed by atoms with E-state index in [1.54, 1.807) is 0 Å². The van der Waals surface area contributed by atoms with Gasteiger partial charge in [-0.2, -0.15) is 0 Å². The van der Waals surface area contributed by atoms with Gasteiger partial charge in [0.15, 0.2) is 0 Å². The van der Waals surface area contributed by atoms with Gasteiger partial charge in [-0.05, 0) is 12.5 Å². The number of rotatable bonds is 4. The molecule has 78 valence electrons. The fourth-order valence-electron chi connectivity index (χ4n) is 1.30. The zero-order valence-electron chi connectivity index (χ0n) is 8.64. The summed E-state index contributed by atoms with van der Waals surface area (Å²) in [4.78, 5) is 0. The van der Waals surface area contributed by atoms with Crippen LogP contribution in [0.1, 0.15) is 18.1 Å². The summed E-state index contributed by atoms with van der Waals surface area (Å²) in [7, 11) is -0.181. The highest BCUT2D eigenvalue weighted by Gasteiger charge is 2.30. The van der Waals surface area contributed by atoms with Crippen LogP contribution in [0.3, 0.4) is 0 Å². The molecule has 0 amide bonds. The van der Waals surface area contributed by atoms with Gasteiger partial charge >= 0.3 is 7.60 Å². The van der Waals surface area contributed by atoms with Gasteiger partial charge in [0.1, 0.15) is 0 Å². The SMILES string of the molecule is COP(=O)(OC)C(C)c1ccccc1. The van der Waals surface area contributed by atoms with Crippen molar-refractivity contribution < 1.29 is 13.6 Å². The Morgan fingerprint density at radius 1 is 1.14 bits per heavy atom. The molecular formula is C10H15O3P. The molecule has 1 unspecified atom stereocenters. The zero-order valence-corrected chi connectivity index (χ0v) is 9.53. The van der Waals surface area contributed by atoms with Crippen LogP contribution in [0.25, 0.3) is 0 Å². The van der Waals surface area contributed by atoms with Gasteiger partial charge in [-0.15, -0.1) is 0 Å². The van der Waals surface area contributed by atoms with E-state index < -0.39 is 7.60 Å². The van der Waals surface area contributed by atoms with Gasteiger partial charge in [0.05, 0.1) is 5.66 Å². The van der Waals surface area contributed by atoms with Crippen molar-refractivity contribution in [3.63, 3.8) is 0 Å². The lowest BCUT2D eigenvalue weighted by atomic mass is 10.2. The molecule has 0 N–H and O–H groups in total. The number of benzene rings is 1. The van der Waals surface area contributed by atoms with E-state index in [9.17, 15) is 4.57 Å². The van der Waals surface area contributed by atoms with Crippen LogP contribution in [0.5, 0.6) is 0 Å². The number of hydrogen-bond acceptors (Lipinski definition) is 3. The van der Waals surface area contributed by atoms with Crippen molar-refractivity contribution in [3.8, 4) is 0 Å². The molecular weight excluding hydrogens is 199 g/mol. The van der Waals surface area contributed by atoms with Crippen LogP contribution in [-0.4, -0.2) is 14.2 Å². The summed E-state index contributed by atoms with van der Waals surface area (Å²) in [6, 6.07) is 9.55. The second-order valence-electron chi connectivity index (χ2n) is 2.99. The predicted octanol–water partition coefficient (Wildman–Crippen LogP) is 3.23. The van der Waals surface area contributed by atoms with Gasteiger partial charge in [-0.1, -0.05) is 30.3 Å². The summed E-state index contributed by atoms with van der Waals surface area (Å²) in [6.07, 6.45) is 0. The monoisotopic (exact) mass is 214 g/mol. The van der Waals surface area contributed by atoms with E-state index in [2.05, 4.69) is 0 Å². The predicted molar refractivity (Wildman–Crippen MR) is 56.5 cm³/mol. The maximum absolute atomic E-state index is 12.0. The highest BCUT2D eigenvalue weighted by Crippen LogP contribution is 2.59. The molecule has 1 aromatic rings. The fourth-order valence-corrected chi connectivity index (χ4v) is 2.62. The molecule has 0 bridgehead atoms. The van der Waals surface area contributed by atoms with E-state index in [1.807, 2.05) is 37.3 Å². The topological polar surface area (TPSA) is 35.5 Å². The summed E-state index contributed by atoms with van der Waals surface area (Å²) < 4.78 is 21.9. The Morgan fingerprint density at radius 2 is 1.64 bits per heavy atom. The summed E-state index contributed by atoms with van der Waals surface area (Å²) in [5.74, 6) is 0. The summed E-state index contributed by atoms with van der Waals surface area (Å²) >= 11 is 0. The first-order valence-corrected chi connectivity index (χ1v) is 6.01. The molecule has 4 heteroatoms. The molecule has 0 radical (unpaired) electrons. The molecule has 14 heavy (non-hydrogen) atoms. The Hall–Kier alpha value is -0.630. The van der Waals surface area contributed by atoms with E-state index in [1.165, 1.54) is 14.2 Å². The molecule has 1 rings (SSSR count). The Bertz CT molecular complexity index is 315. The van der Waals surface area contributed by atoms with Crippen molar-refractivity contribution in [2.75, 3.05) is 14.2 Å². The molecule has 0 aliphatic rings. The van der Waals surface area contributed by atoms with Crippen LogP contribution in [0.15, 0.2) is 30.3 Å². The maximum Gasteiger partial charge on any atom is 0.337 e. The van der Waals surface area contributed by atoms with E-state index in [0.29, 0.717) is 0 Å². The molecule has 0 aliphatic heterocycles. The third-order valence-electron chi connectivity index (χ3n) is 2.27.